The highest BCUT2D eigenvalue weighted by atomic mass is 19.1. The first-order valence-electron chi connectivity index (χ1n) is 6.40. The van der Waals surface area contributed by atoms with E-state index in [1.54, 1.807) is 6.92 Å². The number of benzene rings is 1. The zero-order valence-electron chi connectivity index (χ0n) is 10.5. The molecule has 100 valence electrons. The summed E-state index contributed by atoms with van der Waals surface area (Å²) in [6, 6.07) is 4.08. The summed E-state index contributed by atoms with van der Waals surface area (Å²) in [4.78, 5) is 0. The molecule has 0 bridgehead atoms. The van der Waals surface area contributed by atoms with Crippen molar-refractivity contribution in [2.45, 2.75) is 50.9 Å². The number of aliphatic hydroxyl groups is 2. The van der Waals surface area contributed by atoms with E-state index >= 15 is 0 Å². The predicted octanol–water partition coefficient (Wildman–Crippen LogP) is 2.56. The predicted molar refractivity (Wildman–Crippen MR) is 65.9 cm³/mol. The molecule has 1 aliphatic rings. The van der Waals surface area contributed by atoms with Crippen LogP contribution in [0.3, 0.4) is 0 Å². The number of ether oxygens (including phenoxy) is 1. The van der Waals surface area contributed by atoms with Gasteiger partial charge in [0.25, 0.3) is 0 Å². The number of hydrogen-bond donors (Lipinski definition) is 2. The molecule has 0 amide bonds. The SMILES string of the molecule is CC(O)c1ccc(F)cc1OC1CCCCC1O. The summed E-state index contributed by atoms with van der Waals surface area (Å²) < 4.78 is 18.9. The molecule has 0 radical (unpaired) electrons. The van der Waals surface area contributed by atoms with Crippen molar-refractivity contribution in [3.8, 4) is 5.75 Å². The Hall–Kier alpha value is -1.13. The summed E-state index contributed by atoms with van der Waals surface area (Å²) in [7, 11) is 0. The van der Waals surface area contributed by atoms with Crippen LogP contribution in [0.5, 0.6) is 5.75 Å². The standard InChI is InChI=1S/C14H19FO3/c1-9(16)11-7-6-10(15)8-14(11)18-13-5-3-2-4-12(13)17/h6-9,12-13,16-17H,2-5H2,1H3. The van der Waals surface area contributed by atoms with Gasteiger partial charge in [-0.25, -0.2) is 4.39 Å². The monoisotopic (exact) mass is 254 g/mol. The van der Waals surface area contributed by atoms with Gasteiger partial charge in [-0.15, -0.1) is 0 Å². The minimum atomic E-state index is -0.721. The molecule has 1 aromatic carbocycles. The van der Waals surface area contributed by atoms with Crippen molar-refractivity contribution >= 4 is 0 Å². The van der Waals surface area contributed by atoms with E-state index in [1.165, 1.54) is 18.2 Å². The molecule has 1 saturated carbocycles. The molecule has 3 atom stereocenters. The summed E-state index contributed by atoms with van der Waals surface area (Å²) in [5.41, 5.74) is 0.550. The van der Waals surface area contributed by atoms with Crippen LogP contribution < -0.4 is 4.74 Å². The van der Waals surface area contributed by atoms with Crippen LogP contribution in [-0.2, 0) is 0 Å². The molecular weight excluding hydrogens is 235 g/mol. The average molecular weight is 254 g/mol. The largest absolute Gasteiger partial charge is 0.487 e. The summed E-state index contributed by atoms with van der Waals surface area (Å²) in [6.07, 6.45) is 1.93. The van der Waals surface area contributed by atoms with Crippen LogP contribution in [0.1, 0.15) is 44.3 Å². The minimum absolute atomic E-state index is 0.307. The van der Waals surface area contributed by atoms with Gasteiger partial charge in [-0.05, 0) is 38.3 Å². The van der Waals surface area contributed by atoms with Crippen molar-refractivity contribution in [1.82, 2.24) is 0 Å². The lowest BCUT2D eigenvalue weighted by molar-refractivity contribution is 0.00512. The molecule has 18 heavy (non-hydrogen) atoms. The molecule has 3 unspecified atom stereocenters. The Morgan fingerprint density at radius 2 is 2.06 bits per heavy atom. The van der Waals surface area contributed by atoms with Crippen molar-refractivity contribution in [3.05, 3.63) is 29.6 Å². The van der Waals surface area contributed by atoms with Crippen molar-refractivity contribution in [3.63, 3.8) is 0 Å². The quantitative estimate of drug-likeness (QED) is 0.871. The van der Waals surface area contributed by atoms with E-state index in [9.17, 15) is 14.6 Å². The van der Waals surface area contributed by atoms with Crippen molar-refractivity contribution < 1.29 is 19.3 Å². The molecule has 2 N–H and O–H groups in total. The number of rotatable bonds is 3. The first-order chi connectivity index (χ1) is 8.58. The van der Waals surface area contributed by atoms with E-state index < -0.39 is 18.0 Å². The fraction of sp³-hybridized carbons (Fsp3) is 0.571. The van der Waals surface area contributed by atoms with Crippen LogP contribution in [0.4, 0.5) is 4.39 Å². The van der Waals surface area contributed by atoms with Crippen LogP contribution in [0, 0.1) is 5.82 Å². The minimum Gasteiger partial charge on any atom is -0.487 e. The molecule has 0 heterocycles. The maximum atomic E-state index is 13.2. The van der Waals surface area contributed by atoms with Gasteiger partial charge in [0, 0.05) is 11.6 Å². The third-order valence-electron chi connectivity index (χ3n) is 3.37. The zero-order chi connectivity index (χ0) is 13.1. The summed E-state index contributed by atoms with van der Waals surface area (Å²) in [6.45, 7) is 1.61. The molecule has 1 aromatic rings. The van der Waals surface area contributed by atoms with E-state index in [0.29, 0.717) is 17.7 Å². The van der Waals surface area contributed by atoms with Gasteiger partial charge in [0.05, 0.1) is 12.2 Å². The Kier molecular flexibility index (Phi) is 4.19. The van der Waals surface area contributed by atoms with E-state index in [2.05, 4.69) is 0 Å². The van der Waals surface area contributed by atoms with E-state index in [-0.39, 0.29) is 6.10 Å². The summed E-state index contributed by atoms with van der Waals surface area (Å²) >= 11 is 0. The maximum Gasteiger partial charge on any atom is 0.128 e. The Balaban J connectivity index is 2.18. The summed E-state index contributed by atoms with van der Waals surface area (Å²) in [5, 5.41) is 19.5. The Bertz CT molecular complexity index is 406. The molecule has 2 rings (SSSR count). The van der Waals surface area contributed by atoms with Gasteiger partial charge in [0.1, 0.15) is 17.7 Å². The van der Waals surface area contributed by atoms with Crippen molar-refractivity contribution in [1.29, 1.82) is 0 Å². The van der Waals surface area contributed by atoms with Gasteiger partial charge in [-0.3, -0.25) is 0 Å². The summed E-state index contributed by atoms with van der Waals surface area (Å²) in [5.74, 6) is -0.0735. The van der Waals surface area contributed by atoms with Gasteiger partial charge in [-0.1, -0.05) is 6.42 Å². The fourth-order valence-corrected chi connectivity index (χ4v) is 2.33. The van der Waals surface area contributed by atoms with Gasteiger partial charge in [0.2, 0.25) is 0 Å². The molecule has 0 aromatic heterocycles. The van der Waals surface area contributed by atoms with Crippen LogP contribution in [0.15, 0.2) is 18.2 Å². The molecule has 0 spiro atoms. The van der Waals surface area contributed by atoms with Gasteiger partial charge >= 0.3 is 0 Å². The molecule has 3 nitrogen and oxygen atoms in total. The molecule has 0 aliphatic heterocycles. The van der Waals surface area contributed by atoms with Gasteiger partial charge in [0.15, 0.2) is 0 Å². The highest BCUT2D eigenvalue weighted by molar-refractivity contribution is 5.35. The number of halogens is 1. The lowest BCUT2D eigenvalue weighted by Gasteiger charge is -2.29. The zero-order valence-corrected chi connectivity index (χ0v) is 10.5. The third-order valence-corrected chi connectivity index (χ3v) is 3.37. The van der Waals surface area contributed by atoms with Crippen LogP contribution in [-0.4, -0.2) is 22.4 Å². The maximum absolute atomic E-state index is 13.2. The first-order valence-corrected chi connectivity index (χ1v) is 6.40. The molecule has 4 heteroatoms. The first kappa shape index (κ1) is 13.3. The average Bonchev–Trinajstić information content (AvgIpc) is 2.32. The Morgan fingerprint density at radius 3 is 2.72 bits per heavy atom. The smallest absolute Gasteiger partial charge is 0.128 e. The normalized spacial score (nSPS) is 25.8. The molecule has 1 fully saturated rings. The van der Waals surface area contributed by atoms with E-state index in [0.717, 1.165) is 19.3 Å². The third kappa shape index (κ3) is 3.00. The second kappa shape index (κ2) is 5.67. The highest BCUT2D eigenvalue weighted by Gasteiger charge is 2.26. The van der Waals surface area contributed by atoms with Crippen molar-refractivity contribution in [2.24, 2.45) is 0 Å². The molecule has 0 saturated heterocycles. The van der Waals surface area contributed by atoms with E-state index in [4.69, 9.17) is 4.74 Å². The van der Waals surface area contributed by atoms with Gasteiger partial charge < -0.3 is 14.9 Å². The van der Waals surface area contributed by atoms with Gasteiger partial charge in [-0.2, -0.15) is 0 Å². The second-order valence-electron chi connectivity index (χ2n) is 4.87. The lowest BCUT2D eigenvalue weighted by atomic mass is 9.94. The Morgan fingerprint density at radius 1 is 1.33 bits per heavy atom. The number of hydrogen-bond acceptors (Lipinski definition) is 3. The number of aliphatic hydroxyl groups excluding tert-OH is 2. The Labute approximate surface area is 106 Å². The van der Waals surface area contributed by atoms with Crippen LogP contribution in [0.2, 0.25) is 0 Å². The second-order valence-corrected chi connectivity index (χ2v) is 4.87. The van der Waals surface area contributed by atoms with Crippen LogP contribution >= 0.6 is 0 Å². The van der Waals surface area contributed by atoms with Crippen LogP contribution in [0.25, 0.3) is 0 Å². The molecule has 1 aliphatic carbocycles. The highest BCUT2D eigenvalue weighted by Crippen LogP contribution is 2.30. The topological polar surface area (TPSA) is 49.7 Å². The van der Waals surface area contributed by atoms with E-state index in [1.807, 2.05) is 0 Å². The van der Waals surface area contributed by atoms with Crippen molar-refractivity contribution in [2.75, 3.05) is 0 Å². The molecular formula is C14H19FO3. The fourth-order valence-electron chi connectivity index (χ4n) is 2.33. The lowest BCUT2D eigenvalue weighted by Crippen LogP contribution is -2.34.